The van der Waals surface area contributed by atoms with Gasteiger partial charge in [0.05, 0.1) is 16.8 Å². The van der Waals surface area contributed by atoms with Gasteiger partial charge in [0.1, 0.15) is 5.82 Å². The number of hydrogen-bond acceptors (Lipinski definition) is 5. The molecule has 1 aromatic carbocycles. The van der Waals surface area contributed by atoms with Gasteiger partial charge >= 0.3 is 0 Å². The van der Waals surface area contributed by atoms with Gasteiger partial charge in [0, 0.05) is 5.38 Å². The first kappa shape index (κ1) is 12.4. The van der Waals surface area contributed by atoms with E-state index in [-0.39, 0.29) is 11.1 Å². The van der Waals surface area contributed by atoms with Crippen LogP contribution in [0.4, 0.5) is 4.39 Å². The molecule has 90 valence electrons. The minimum Gasteiger partial charge on any atom is -0.271 e. The van der Waals surface area contributed by atoms with Crippen LogP contribution in [0.15, 0.2) is 23.6 Å². The van der Waals surface area contributed by atoms with Crippen molar-refractivity contribution < 1.29 is 4.39 Å². The maximum absolute atomic E-state index is 13.0. The molecule has 0 aliphatic carbocycles. The Balaban J connectivity index is 2.16. The fraction of sp³-hybridized carbons (Fsp3) is 0.200. The lowest BCUT2D eigenvalue weighted by Crippen LogP contribution is -2.29. The van der Waals surface area contributed by atoms with Crippen molar-refractivity contribution in [3.05, 3.63) is 45.7 Å². The van der Waals surface area contributed by atoms with E-state index in [4.69, 9.17) is 17.4 Å². The van der Waals surface area contributed by atoms with Gasteiger partial charge in [-0.3, -0.25) is 11.3 Å². The van der Waals surface area contributed by atoms with Crippen LogP contribution in [0.1, 0.15) is 17.3 Å². The van der Waals surface area contributed by atoms with Gasteiger partial charge in [0.2, 0.25) is 0 Å². The zero-order valence-corrected chi connectivity index (χ0v) is 10.3. The van der Waals surface area contributed by atoms with E-state index in [2.05, 4.69) is 15.0 Å². The van der Waals surface area contributed by atoms with Gasteiger partial charge in [-0.05, 0) is 35.6 Å². The largest absolute Gasteiger partial charge is 0.271 e. The van der Waals surface area contributed by atoms with Crippen LogP contribution in [0, 0.1) is 5.82 Å². The third-order valence-corrected chi connectivity index (χ3v) is 3.17. The minimum absolute atomic E-state index is 0.106. The second-order valence-electron chi connectivity index (χ2n) is 3.50. The van der Waals surface area contributed by atoms with E-state index in [9.17, 15) is 4.39 Å². The molecule has 0 radical (unpaired) electrons. The van der Waals surface area contributed by atoms with Gasteiger partial charge in [-0.15, -0.1) is 5.10 Å². The molecular formula is C10H10ClFN4S. The van der Waals surface area contributed by atoms with Gasteiger partial charge in [-0.25, -0.2) is 4.39 Å². The van der Waals surface area contributed by atoms with E-state index in [1.807, 2.05) is 5.38 Å². The summed E-state index contributed by atoms with van der Waals surface area (Å²) < 4.78 is 16.8. The van der Waals surface area contributed by atoms with E-state index < -0.39 is 5.82 Å². The molecule has 3 N–H and O–H groups in total. The molecule has 0 saturated heterocycles. The van der Waals surface area contributed by atoms with Crippen LogP contribution >= 0.6 is 23.1 Å². The zero-order chi connectivity index (χ0) is 12.3. The Bertz CT molecular complexity index is 491. The van der Waals surface area contributed by atoms with Crippen molar-refractivity contribution in [3.63, 3.8) is 0 Å². The molecule has 1 heterocycles. The Hall–Kier alpha value is -1.08. The highest BCUT2D eigenvalue weighted by molar-refractivity contribution is 7.03. The first-order valence-electron chi connectivity index (χ1n) is 4.87. The second-order valence-corrected chi connectivity index (χ2v) is 4.52. The second kappa shape index (κ2) is 5.50. The summed E-state index contributed by atoms with van der Waals surface area (Å²) in [7, 11) is 0. The van der Waals surface area contributed by atoms with Crippen LogP contribution in [0.25, 0.3) is 0 Å². The van der Waals surface area contributed by atoms with E-state index in [0.717, 1.165) is 11.3 Å². The summed E-state index contributed by atoms with van der Waals surface area (Å²) in [5.74, 6) is 5.03. The van der Waals surface area contributed by atoms with Crippen molar-refractivity contribution in [2.75, 3.05) is 0 Å². The summed E-state index contributed by atoms with van der Waals surface area (Å²) in [6.07, 6.45) is 0.571. The Morgan fingerprint density at radius 3 is 2.94 bits per heavy atom. The molecule has 0 aliphatic heterocycles. The maximum Gasteiger partial charge on any atom is 0.141 e. The van der Waals surface area contributed by atoms with E-state index in [1.54, 1.807) is 12.1 Å². The number of halogens is 2. The molecule has 1 atom stereocenters. The summed E-state index contributed by atoms with van der Waals surface area (Å²) in [5, 5.41) is 5.86. The first-order chi connectivity index (χ1) is 8.20. The third-order valence-electron chi connectivity index (χ3n) is 2.36. The van der Waals surface area contributed by atoms with E-state index >= 15 is 0 Å². The number of nitrogens with two attached hydrogens (primary N) is 1. The topological polar surface area (TPSA) is 63.8 Å². The van der Waals surface area contributed by atoms with Gasteiger partial charge in [0.25, 0.3) is 0 Å². The summed E-state index contributed by atoms with van der Waals surface area (Å²) in [5.41, 5.74) is 4.30. The number of hydrogen-bond donors (Lipinski definition) is 2. The highest BCUT2D eigenvalue weighted by Crippen LogP contribution is 2.21. The molecule has 0 amide bonds. The van der Waals surface area contributed by atoms with Gasteiger partial charge in [-0.1, -0.05) is 22.2 Å². The van der Waals surface area contributed by atoms with Crippen LogP contribution in [0.2, 0.25) is 5.02 Å². The van der Waals surface area contributed by atoms with Crippen LogP contribution in [0.3, 0.4) is 0 Å². The van der Waals surface area contributed by atoms with Crippen LogP contribution in [-0.2, 0) is 6.42 Å². The highest BCUT2D eigenvalue weighted by atomic mass is 35.5. The van der Waals surface area contributed by atoms with Crippen molar-refractivity contribution >= 4 is 23.1 Å². The number of aromatic nitrogens is 2. The molecule has 2 rings (SSSR count). The van der Waals surface area contributed by atoms with E-state index in [0.29, 0.717) is 6.42 Å². The normalized spacial score (nSPS) is 12.6. The number of hydrazine groups is 1. The molecule has 4 nitrogen and oxygen atoms in total. The first-order valence-corrected chi connectivity index (χ1v) is 6.09. The smallest absolute Gasteiger partial charge is 0.141 e. The van der Waals surface area contributed by atoms with Crippen molar-refractivity contribution in [2.24, 2.45) is 5.84 Å². The Kier molecular flexibility index (Phi) is 4.01. The molecule has 0 fully saturated rings. The fourth-order valence-corrected chi connectivity index (χ4v) is 2.19. The summed E-state index contributed by atoms with van der Waals surface area (Å²) >= 11 is 6.97. The van der Waals surface area contributed by atoms with E-state index in [1.165, 1.54) is 17.6 Å². The highest BCUT2D eigenvalue weighted by Gasteiger charge is 2.14. The lowest BCUT2D eigenvalue weighted by molar-refractivity contribution is 0.536. The van der Waals surface area contributed by atoms with Gasteiger partial charge in [0.15, 0.2) is 0 Å². The number of benzene rings is 1. The third kappa shape index (κ3) is 2.98. The van der Waals surface area contributed by atoms with Crippen LogP contribution in [-0.4, -0.2) is 9.59 Å². The molecule has 2 aromatic rings. The van der Waals surface area contributed by atoms with Crippen molar-refractivity contribution in [3.8, 4) is 0 Å². The average molecular weight is 273 g/mol. The molecule has 7 heteroatoms. The van der Waals surface area contributed by atoms with Crippen LogP contribution < -0.4 is 11.3 Å². The molecular weight excluding hydrogens is 263 g/mol. The van der Waals surface area contributed by atoms with Crippen LogP contribution in [0.5, 0.6) is 0 Å². The molecule has 1 aromatic heterocycles. The molecule has 0 aliphatic rings. The monoisotopic (exact) mass is 272 g/mol. The molecule has 0 bridgehead atoms. The predicted molar refractivity (Wildman–Crippen MR) is 65.1 cm³/mol. The number of nitrogens with zero attached hydrogens (tertiary/aromatic N) is 2. The Labute approximate surface area is 107 Å². The SMILES string of the molecule is NNC(Cc1ccc(F)c(Cl)c1)c1csnn1. The lowest BCUT2D eigenvalue weighted by atomic mass is 10.0. The predicted octanol–water partition coefficient (Wildman–Crippen LogP) is 2.08. The van der Waals surface area contributed by atoms with Crippen molar-refractivity contribution in [1.82, 2.24) is 15.0 Å². The Morgan fingerprint density at radius 2 is 2.35 bits per heavy atom. The molecule has 0 spiro atoms. The maximum atomic E-state index is 13.0. The summed E-state index contributed by atoms with van der Waals surface area (Å²) in [6, 6.07) is 4.44. The summed E-state index contributed by atoms with van der Waals surface area (Å²) in [4.78, 5) is 0. The van der Waals surface area contributed by atoms with Crippen molar-refractivity contribution in [2.45, 2.75) is 12.5 Å². The Morgan fingerprint density at radius 1 is 1.53 bits per heavy atom. The summed E-state index contributed by atoms with van der Waals surface area (Å²) in [6.45, 7) is 0. The number of nitrogens with one attached hydrogen (secondary N) is 1. The van der Waals surface area contributed by atoms with Gasteiger partial charge < -0.3 is 0 Å². The minimum atomic E-state index is -0.428. The quantitative estimate of drug-likeness (QED) is 0.661. The van der Waals surface area contributed by atoms with Crippen molar-refractivity contribution in [1.29, 1.82) is 0 Å². The molecule has 17 heavy (non-hydrogen) atoms. The number of rotatable bonds is 4. The van der Waals surface area contributed by atoms with Gasteiger partial charge in [-0.2, -0.15) is 0 Å². The average Bonchev–Trinajstić information content (AvgIpc) is 2.84. The zero-order valence-electron chi connectivity index (χ0n) is 8.73. The molecule has 1 unspecified atom stereocenters. The lowest BCUT2D eigenvalue weighted by Gasteiger charge is -2.13. The molecule has 0 saturated carbocycles. The standard InChI is InChI=1S/C10H10ClFN4S/c11-7-3-6(1-2-8(7)12)4-9(14-13)10-5-17-16-15-10/h1-3,5,9,14H,4,13H2. The fourth-order valence-electron chi connectivity index (χ4n) is 1.47.